The van der Waals surface area contributed by atoms with Crippen LogP contribution in [0, 0.1) is 17.1 Å². The number of halogens is 2. The average Bonchev–Trinajstić information content (AvgIpc) is 2.44. The van der Waals surface area contributed by atoms with Gasteiger partial charge in [-0.25, -0.2) is 4.39 Å². The predicted molar refractivity (Wildman–Crippen MR) is 76.6 cm³/mol. The zero-order valence-electron chi connectivity index (χ0n) is 11.1. The molecule has 1 amide bonds. The quantitative estimate of drug-likeness (QED) is 0.899. The van der Waals surface area contributed by atoms with E-state index in [0.29, 0.717) is 18.4 Å². The number of likely N-dealkylation sites (tertiary alicyclic amines) is 1. The fourth-order valence-corrected chi connectivity index (χ4v) is 2.57. The first-order valence-electron chi connectivity index (χ1n) is 6.33. The maximum absolute atomic E-state index is 13.2. The Morgan fingerprint density at radius 1 is 1.50 bits per heavy atom. The normalized spacial score (nSPS) is 18.3. The number of hydrogen-bond donors (Lipinski definition) is 1. The van der Waals surface area contributed by atoms with E-state index in [2.05, 4.69) is 32.2 Å². The summed E-state index contributed by atoms with van der Waals surface area (Å²) in [4.78, 5) is 14.3. The van der Waals surface area contributed by atoms with Gasteiger partial charge in [0.2, 0.25) is 0 Å². The summed E-state index contributed by atoms with van der Waals surface area (Å²) in [6.45, 7) is 1.53. The molecular formula is C14H15BrFN3O. The minimum absolute atomic E-state index is 0.236. The summed E-state index contributed by atoms with van der Waals surface area (Å²) in [7, 11) is 1.99. The molecule has 1 aliphatic heterocycles. The number of benzene rings is 1. The van der Waals surface area contributed by atoms with Gasteiger partial charge in [-0.05, 0) is 54.0 Å². The Kier molecular flexibility index (Phi) is 4.41. The molecule has 1 aromatic carbocycles. The first kappa shape index (κ1) is 14.9. The number of piperidine rings is 1. The molecular weight excluding hydrogens is 325 g/mol. The first-order valence-corrected chi connectivity index (χ1v) is 7.12. The summed E-state index contributed by atoms with van der Waals surface area (Å²) in [6, 6.07) is 6.28. The summed E-state index contributed by atoms with van der Waals surface area (Å²) < 4.78 is 13.4. The Bertz CT molecular complexity index is 562. The van der Waals surface area contributed by atoms with Crippen molar-refractivity contribution in [2.45, 2.75) is 18.4 Å². The summed E-state index contributed by atoms with van der Waals surface area (Å²) in [5.74, 6) is -0.771. The molecule has 0 unspecified atom stereocenters. The van der Waals surface area contributed by atoms with Gasteiger partial charge in [0.25, 0.3) is 5.91 Å². The molecule has 0 spiro atoms. The zero-order chi connectivity index (χ0) is 14.8. The molecule has 0 aromatic heterocycles. The monoisotopic (exact) mass is 339 g/mol. The van der Waals surface area contributed by atoms with Crippen LogP contribution >= 0.6 is 15.9 Å². The molecule has 0 radical (unpaired) electrons. The van der Waals surface area contributed by atoms with Gasteiger partial charge in [0.1, 0.15) is 11.4 Å². The van der Waals surface area contributed by atoms with E-state index < -0.39 is 11.4 Å². The SMILES string of the molecule is CN1CCC(C#N)(NC(=O)c2ccc(F)c(Br)c2)CC1. The molecule has 1 aliphatic rings. The highest BCUT2D eigenvalue weighted by molar-refractivity contribution is 9.10. The molecule has 0 aliphatic carbocycles. The molecule has 1 aromatic rings. The number of nitrogens with one attached hydrogen (secondary N) is 1. The van der Waals surface area contributed by atoms with Crippen LogP contribution in [-0.4, -0.2) is 36.5 Å². The van der Waals surface area contributed by atoms with Crippen LogP contribution in [0.1, 0.15) is 23.2 Å². The highest BCUT2D eigenvalue weighted by Crippen LogP contribution is 2.22. The molecule has 6 heteroatoms. The third-order valence-electron chi connectivity index (χ3n) is 3.59. The first-order chi connectivity index (χ1) is 9.46. The lowest BCUT2D eigenvalue weighted by molar-refractivity contribution is 0.0882. The van der Waals surface area contributed by atoms with Crippen LogP contribution < -0.4 is 5.32 Å². The number of carbonyl (C=O) groups is 1. The Hall–Kier alpha value is -1.45. The van der Waals surface area contributed by atoms with Crippen molar-refractivity contribution in [1.29, 1.82) is 5.26 Å². The number of hydrogen-bond acceptors (Lipinski definition) is 3. The van der Waals surface area contributed by atoms with E-state index in [1.165, 1.54) is 18.2 Å². The summed E-state index contributed by atoms with van der Waals surface area (Å²) in [5, 5.41) is 12.2. The second kappa shape index (κ2) is 5.90. The molecule has 4 nitrogen and oxygen atoms in total. The smallest absolute Gasteiger partial charge is 0.252 e. The summed E-state index contributed by atoms with van der Waals surface area (Å²) >= 11 is 3.05. The molecule has 1 saturated heterocycles. The van der Waals surface area contributed by atoms with Gasteiger partial charge in [0.05, 0.1) is 10.5 Å². The van der Waals surface area contributed by atoms with Crippen molar-refractivity contribution < 1.29 is 9.18 Å². The maximum Gasteiger partial charge on any atom is 0.252 e. The van der Waals surface area contributed by atoms with E-state index in [4.69, 9.17) is 0 Å². The minimum Gasteiger partial charge on any atom is -0.334 e. The standard InChI is InChI=1S/C14H15BrFN3O/c1-19-6-4-14(9-17,5-7-19)18-13(20)10-2-3-12(16)11(15)8-10/h2-3,8H,4-7H2,1H3,(H,18,20). The van der Waals surface area contributed by atoms with Gasteiger partial charge in [0, 0.05) is 18.7 Å². The lowest BCUT2D eigenvalue weighted by atomic mass is 9.89. The van der Waals surface area contributed by atoms with E-state index in [9.17, 15) is 14.4 Å². The number of amides is 1. The Balaban J connectivity index is 2.13. The lowest BCUT2D eigenvalue weighted by Crippen LogP contribution is -2.53. The third kappa shape index (κ3) is 3.17. The zero-order valence-corrected chi connectivity index (χ0v) is 12.7. The van der Waals surface area contributed by atoms with E-state index >= 15 is 0 Å². The topological polar surface area (TPSA) is 56.1 Å². The molecule has 1 fully saturated rings. The number of carbonyl (C=O) groups excluding carboxylic acids is 1. The summed E-state index contributed by atoms with van der Waals surface area (Å²) in [6.07, 6.45) is 1.18. The van der Waals surface area contributed by atoms with Gasteiger partial charge in [-0.1, -0.05) is 0 Å². The van der Waals surface area contributed by atoms with Gasteiger partial charge < -0.3 is 10.2 Å². The molecule has 2 rings (SSSR count). The second-order valence-electron chi connectivity index (χ2n) is 5.08. The highest BCUT2D eigenvalue weighted by Gasteiger charge is 2.35. The van der Waals surface area contributed by atoms with Crippen molar-refractivity contribution in [2.24, 2.45) is 0 Å². The second-order valence-corrected chi connectivity index (χ2v) is 5.93. The fourth-order valence-electron chi connectivity index (χ4n) is 2.19. The van der Waals surface area contributed by atoms with Crippen LogP contribution in [-0.2, 0) is 0 Å². The third-order valence-corrected chi connectivity index (χ3v) is 4.20. The minimum atomic E-state index is -0.829. The van der Waals surface area contributed by atoms with Crippen molar-refractivity contribution in [1.82, 2.24) is 10.2 Å². The fraction of sp³-hybridized carbons (Fsp3) is 0.429. The maximum atomic E-state index is 13.2. The van der Waals surface area contributed by atoms with Crippen molar-refractivity contribution in [3.05, 3.63) is 34.1 Å². The molecule has 106 valence electrons. The number of rotatable bonds is 2. The Morgan fingerprint density at radius 2 is 2.15 bits per heavy atom. The van der Waals surface area contributed by atoms with Gasteiger partial charge >= 0.3 is 0 Å². The highest BCUT2D eigenvalue weighted by atomic mass is 79.9. The van der Waals surface area contributed by atoms with Crippen LogP contribution in [0.5, 0.6) is 0 Å². The number of nitrogens with zero attached hydrogens (tertiary/aromatic N) is 2. The molecule has 0 bridgehead atoms. The van der Waals surface area contributed by atoms with Gasteiger partial charge in [-0.2, -0.15) is 5.26 Å². The number of nitriles is 1. The Morgan fingerprint density at radius 3 is 2.70 bits per heavy atom. The molecule has 0 atom stereocenters. The average molecular weight is 340 g/mol. The van der Waals surface area contributed by atoms with Crippen molar-refractivity contribution in [3.63, 3.8) is 0 Å². The van der Waals surface area contributed by atoms with Crippen LogP contribution in [0.4, 0.5) is 4.39 Å². The van der Waals surface area contributed by atoms with E-state index in [-0.39, 0.29) is 10.4 Å². The predicted octanol–water partition coefficient (Wildman–Crippen LogP) is 2.31. The van der Waals surface area contributed by atoms with Gasteiger partial charge in [0.15, 0.2) is 0 Å². The van der Waals surface area contributed by atoms with Crippen LogP contribution in [0.3, 0.4) is 0 Å². The molecule has 1 heterocycles. The van der Waals surface area contributed by atoms with Crippen LogP contribution in [0.25, 0.3) is 0 Å². The molecule has 20 heavy (non-hydrogen) atoms. The van der Waals surface area contributed by atoms with Crippen molar-refractivity contribution in [2.75, 3.05) is 20.1 Å². The van der Waals surface area contributed by atoms with Gasteiger partial charge in [-0.15, -0.1) is 0 Å². The lowest BCUT2D eigenvalue weighted by Gasteiger charge is -2.36. The molecule has 1 N–H and O–H groups in total. The van der Waals surface area contributed by atoms with E-state index in [0.717, 1.165) is 13.1 Å². The largest absolute Gasteiger partial charge is 0.334 e. The van der Waals surface area contributed by atoms with Crippen LogP contribution in [0.15, 0.2) is 22.7 Å². The van der Waals surface area contributed by atoms with Crippen LogP contribution in [0.2, 0.25) is 0 Å². The molecule has 0 saturated carbocycles. The van der Waals surface area contributed by atoms with Crippen molar-refractivity contribution >= 4 is 21.8 Å². The van der Waals surface area contributed by atoms with Gasteiger partial charge in [-0.3, -0.25) is 4.79 Å². The Labute approximate surface area is 125 Å². The summed E-state index contributed by atoms with van der Waals surface area (Å²) in [5.41, 5.74) is -0.489. The van der Waals surface area contributed by atoms with E-state index in [1.54, 1.807) is 0 Å². The van der Waals surface area contributed by atoms with E-state index in [1.807, 2.05) is 7.05 Å². The van der Waals surface area contributed by atoms with Crippen molar-refractivity contribution in [3.8, 4) is 6.07 Å².